The minimum absolute atomic E-state index is 0.0630. The summed E-state index contributed by atoms with van der Waals surface area (Å²) in [6.07, 6.45) is 1.76. The van der Waals surface area contributed by atoms with Gasteiger partial charge in [0.2, 0.25) is 0 Å². The fourth-order valence-electron chi connectivity index (χ4n) is 5.43. The van der Waals surface area contributed by atoms with Crippen molar-refractivity contribution >= 4 is 47.7 Å². The standard InChI is InChI=1S/C35H33N3O9S3/c1-2-38(24-27-8-6-10-32(23-27)50(44,45)47-37)30-19-17-29(18-20-30)35(33-11-3-4-12-34(33)48(39,40)41)28-15-13-25(14-16-28)21-26-7-5-9-31(22-26)49(42,43)46-36/h3-23H,2,24,36-37H2,1H3,(H,39,40,41). The minimum atomic E-state index is -4.60. The molecule has 0 aliphatic rings. The van der Waals surface area contributed by atoms with Crippen molar-refractivity contribution in [1.29, 1.82) is 0 Å². The van der Waals surface area contributed by atoms with Gasteiger partial charge in [0.25, 0.3) is 10.1 Å². The van der Waals surface area contributed by atoms with Crippen molar-refractivity contribution in [1.82, 2.24) is 0 Å². The second kappa shape index (κ2) is 15.0. The van der Waals surface area contributed by atoms with Gasteiger partial charge in [0, 0.05) is 24.3 Å². The second-order valence-electron chi connectivity index (χ2n) is 11.0. The average molecular weight is 736 g/mol. The maximum Gasteiger partial charge on any atom is 0.312 e. The van der Waals surface area contributed by atoms with E-state index in [1.165, 1.54) is 36.4 Å². The van der Waals surface area contributed by atoms with Crippen LogP contribution in [0.5, 0.6) is 0 Å². The van der Waals surface area contributed by atoms with E-state index in [0.717, 1.165) is 10.9 Å². The van der Waals surface area contributed by atoms with Crippen LogP contribution < -0.4 is 27.1 Å². The number of rotatable bonds is 12. The van der Waals surface area contributed by atoms with Gasteiger partial charge in [-0.1, -0.05) is 78.9 Å². The van der Waals surface area contributed by atoms with Crippen molar-refractivity contribution in [3.63, 3.8) is 0 Å². The molecule has 0 amide bonds. The molecule has 0 unspecified atom stereocenters. The van der Waals surface area contributed by atoms with Crippen LogP contribution in [0.15, 0.2) is 136 Å². The SMILES string of the molecule is CCN(Cc1cccc(S(=O)(=O)ON)c1)c1ccc(C(c2ccccc2S(=O)(=O)O)=c2ccc(=Cc3cccc(S(=O)(=O)ON)c3)cc2)cc1. The molecule has 0 saturated heterocycles. The molecule has 5 N–H and O–H groups in total. The molecule has 0 heterocycles. The van der Waals surface area contributed by atoms with Gasteiger partial charge in [-0.2, -0.15) is 45.6 Å². The molecule has 0 atom stereocenters. The molecule has 5 aromatic rings. The van der Waals surface area contributed by atoms with E-state index in [9.17, 15) is 29.8 Å². The maximum absolute atomic E-state index is 12.5. The summed E-state index contributed by atoms with van der Waals surface area (Å²) in [6.45, 7) is 2.91. The van der Waals surface area contributed by atoms with Crippen LogP contribution in [0, 0.1) is 0 Å². The quantitative estimate of drug-likeness (QED) is 0.125. The Balaban J connectivity index is 1.58. The number of nitrogens with two attached hydrogens (primary N) is 2. The van der Waals surface area contributed by atoms with Gasteiger partial charge in [-0.25, -0.2) is 0 Å². The lowest BCUT2D eigenvalue weighted by Crippen LogP contribution is -2.22. The molecule has 0 bridgehead atoms. The van der Waals surface area contributed by atoms with Gasteiger partial charge >= 0.3 is 20.2 Å². The number of anilines is 1. The van der Waals surface area contributed by atoms with E-state index < -0.39 is 30.4 Å². The zero-order valence-corrected chi connectivity index (χ0v) is 29.0. The summed E-state index contributed by atoms with van der Waals surface area (Å²) in [4.78, 5) is 1.60. The van der Waals surface area contributed by atoms with Gasteiger partial charge in [-0.3, -0.25) is 4.55 Å². The molecule has 0 saturated carbocycles. The Bertz CT molecular complexity index is 2470. The number of benzene rings is 5. The molecule has 0 fully saturated rings. The summed E-state index contributed by atoms with van der Waals surface area (Å²) in [5.74, 6) is 9.87. The first-order valence-electron chi connectivity index (χ1n) is 15.0. The Morgan fingerprint density at radius 1 is 0.720 bits per heavy atom. The van der Waals surface area contributed by atoms with Crippen molar-refractivity contribution in [2.45, 2.75) is 28.2 Å². The van der Waals surface area contributed by atoms with E-state index in [4.69, 9.17) is 11.8 Å². The molecule has 5 aromatic carbocycles. The summed E-state index contributed by atoms with van der Waals surface area (Å²) in [7, 11) is -12.8. The van der Waals surface area contributed by atoms with Gasteiger partial charge in [0.1, 0.15) is 4.90 Å². The van der Waals surface area contributed by atoms with Crippen molar-refractivity contribution in [2.75, 3.05) is 11.4 Å². The van der Waals surface area contributed by atoms with E-state index in [0.29, 0.717) is 40.6 Å². The fourth-order valence-corrected chi connectivity index (χ4v) is 7.42. The third-order valence-corrected chi connectivity index (χ3v) is 10.9. The Kier molecular flexibility index (Phi) is 11.0. The predicted octanol–water partition coefficient (Wildman–Crippen LogP) is 3.19. The molecule has 12 nitrogen and oxygen atoms in total. The molecule has 50 heavy (non-hydrogen) atoms. The summed E-state index contributed by atoms with van der Waals surface area (Å²) >= 11 is 0. The van der Waals surface area contributed by atoms with Crippen LogP contribution in [-0.4, -0.2) is 36.4 Å². The lowest BCUT2D eigenvalue weighted by molar-refractivity contribution is 0.332. The molecule has 0 aliphatic heterocycles. The summed E-state index contributed by atoms with van der Waals surface area (Å²) < 4.78 is 91.7. The second-order valence-corrected chi connectivity index (χ2v) is 15.5. The average Bonchev–Trinajstić information content (AvgIpc) is 3.12. The first-order chi connectivity index (χ1) is 23.8. The first-order valence-corrected chi connectivity index (χ1v) is 19.2. The Hall–Kier alpha value is -4.71. The molecule has 0 spiro atoms. The highest BCUT2D eigenvalue weighted by Crippen LogP contribution is 2.29. The molecule has 15 heteroatoms. The van der Waals surface area contributed by atoms with Gasteiger partial charge in [0.05, 0.1) is 9.79 Å². The highest BCUT2D eigenvalue weighted by molar-refractivity contribution is 7.87. The van der Waals surface area contributed by atoms with Crippen LogP contribution in [0.25, 0.3) is 11.6 Å². The van der Waals surface area contributed by atoms with Gasteiger partial charge in [-0.15, -0.1) is 0 Å². The van der Waals surface area contributed by atoms with Gasteiger partial charge in [-0.05, 0) is 88.2 Å². The third-order valence-electron chi connectivity index (χ3n) is 7.83. The first kappa shape index (κ1) is 36.6. The Labute approximate surface area is 290 Å². The molecular formula is C35H33N3O9S3. The van der Waals surface area contributed by atoms with E-state index in [1.807, 2.05) is 36.1 Å². The summed E-state index contributed by atoms with van der Waals surface area (Å²) in [5, 5.41) is 1.37. The normalized spacial score (nSPS) is 12.0. The van der Waals surface area contributed by atoms with Crippen LogP contribution in [0.4, 0.5) is 5.69 Å². The largest absolute Gasteiger partial charge is 0.367 e. The van der Waals surface area contributed by atoms with Gasteiger partial charge in [0.15, 0.2) is 0 Å². The molecule has 0 aromatic heterocycles. The third kappa shape index (κ3) is 8.35. The van der Waals surface area contributed by atoms with Crippen LogP contribution in [0.2, 0.25) is 0 Å². The zero-order chi connectivity index (χ0) is 36.1. The highest BCUT2D eigenvalue weighted by atomic mass is 32.2. The summed E-state index contributed by atoms with van der Waals surface area (Å²) in [6, 6.07) is 33.1. The maximum atomic E-state index is 12.5. The number of hydrogen-bond donors (Lipinski definition) is 3. The van der Waals surface area contributed by atoms with Crippen molar-refractivity contribution < 1.29 is 38.4 Å². The van der Waals surface area contributed by atoms with E-state index in [1.54, 1.807) is 66.7 Å². The van der Waals surface area contributed by atoms with Crippen LogP contribution in [0.3, 0.4) is 0 Å². The number of hydrogen-bond acceptors (Lipinski definition) is 11. The van der Waals surface area contributed by atoms with Crippen molar-refractivity contribution in [2.24, 2.45) is 11.8 Å². The smallest absolute Gasteiger partial charge is 0.312 e. The minimum Gasteiger partial charge on any atom is -0.367 e. The number of nitrogens with zero attached hydrogens (tertiary/aromatic N) is 1. The Morgan fingerprint density at radius 3 is 1.92 bits per heavy atom. The highest BCUT2D eigenvalue weighted by Gasteiger charge is 2.20. The lowest BCUT2D eigenvalue weighted by Gasteiger charge is -2.24. The van der Waals surface area contributed by atoms with E-state index >= 15 is 0 Å². The van der Waals surface area contributed by atoms with Crippen molar-refractivity contribution in [3.8, 4) is 0 Å². The molecule has 5 rings (SSSR count). The van der Waals surface area contributed by atoms with Crippen LogP contribution in [0.1, 0.15) is 29.2 Å². The Morgan fingerprint density at radius 2 is 1.32 bits per heavy atom. The van der Waals surface area contributed by atoms with Gasteiger partial charge < -0.3 is 4.90 Å². The molecular weight excluding hydrogens is 703 g/mol. The topological polar surface area (TPSA) is 196 Å². The predicted molar refractivity (Wildman–Crippen MR) is 188 cm³/mol. The zero-order valence-electron chi connectivity index (χ0n) is 26.6. The molecule has 0 radical (unpaired) electrons. The molecule has 260 valence electrons. The fraction of sp³-hybridized carbons (Fsp3) is 0.0857. The van der Waals surface area contributed by atoms with E-state index in [-0.39, 0.29) is 20.2 Å². The molecule has 0 aliphatic carbocycles. The summed E-state index contributed by atoms with van der Waals surface area (Å²) in [5.41, 5.74) is 3.58. The monoisotopic (exact) mass is 735 g/mol. The van der Waals surface area contributed by atoms with Crippen molar-refractivity contribution in [3.05, 3.63) is 154 Å². The van der Waals surface area contributed by atoms with Crippen LogP contribution >= 0.6 is 0 Å². The van der Waals surface area contributed by atoms with E-state index in [2.05, 4.69) is 8.57 Å². The van der Waals surface area contributed by atoms with Crippen LogP contribution in [-0.2, 0) is 45.5 Å². The lowest BCUT2D eigenvalue weighted by atomic mass is 9.95.